The number of hydrogen-bond donors (Lipinski definition) is 1. The van der Waals surface area contributed by atoms with Crippen molar-refractivity contribution in [2.24, 2.45) is 0 Å². The highest BCUT2D eigenvalue weighted by Crippen LogP contribution is 2.31. The monoisotopic (exact) mass is 477 g/mol. The van der Waals surface area contributed by atoms with Crippen molar-refractivity contribution in [3.8, 4) is 11.4 Å². The molecular formula is C20H14F3N5O4S. The van der Waals surface area contributed by atoms with Crippen LogP contribution in [0.15, 0.2) is 48.7 Å². The first-order valence-electron chi connectivity index (χ1n) is 9.26. The number of hydrogen-bond acceptors (Lipinski definition) is 8. The molecule has 0 saturated heterocycles. The molecule has 2 aromatic carbocycles. The van der Waals surface area contributed by atoms with Crippen LogP contribution >= 0.6 is 11.7 Å². The van der Waals surface area contributed by atoms with Gasteiger partial charge in [-0.25, -0.2) is 9.48 Å². The zero-order chi connectivity index (χ0) is 23.6. The van der Waals surface area contributed by atoms with E-state index in [9.17, 15) is 22.8 Å². The number of carbonyl (C=O) groups is 2. The molecule has 9 nitrogen and oxygen atoms in total. The van der Waals surface area contributed by atoms with Crippen molar-refractivity contribution in [2.75, 3.05) is 19.0 Å². The summed E-state index contributed by atoms with van der Waals surface area (Å²) in [6, 6.07) is 9.45. The van der Waals surface area contributed by atoms with Crippen molar-refractivity contribution >= 4 is 40.3 Å². The number of halogens is 3. The summed E-state index contributed by atoms with van der Waals surface area (Å²) in [6.45, 7) is -0.633. The van der Waals surface area contributed by atoms with Crippen LogP contribution < -0.4 is 10.1 Å². The fourth-order valence-corrected chi connectivity index (χ4v) is 3.45. The third-order valence-electron chi connectivity index (χ3n) is 4.43. The van der Waals surface area contributed by atoms with E-state index in [1.165, 1.54) is 25.4 Å². The van der Waals surface area contributed by atoms with E-state index >= 15 is 0 Å². The Labute approximate surface area is 188 Å². The molecule has 0 bridgehead atoms. The molecule has 1 N–H and O–H groups in total. The summed E-state index contributed by atoms with van der Waals surface area (Å²) in [7, 11) is 1.26. The number of anilines is 1. The lowest BCUT2D eigenvalue weighted by Gasteiger charge is -2.08. The zero-order valence-corrected chi connectivity index (χ0v) is 17.6. The molecule has 0 unspecified atom stereocenters. The fourth-order valence-electron chi connectivity index (χ4n) is 2.90. The average molecular weight is 477 g/mol. The second-order valence-electron chi connectivity index (χ2n) is 6.60. The Morgan fingerprint density at radius 3 is 2.70 bits per heavy atom. The van der Waals surface area contributed by atoms with E-state index in [0.717, 1.165) is 28.5 Å². The van der Waals surface area contributed by atoms with Gasteiger partial charge in [0.15, 0.2) is 12.4 Å². The van der Waals surface area contributed by atoms with Crippen LogP contribution in [0, 0.1) is 0 Å². The van der Waals surface area contributed by atoms with Gasteiger partial charge >= 0.3 is 12.1 Å². The molecule has 0 saturated carbocycles. The Bertz CT molecular complexity index is 1330. The predicted molar refractivity (Wildman–Crippen MR) is 111 cm³/mol. The van der Waals surface area contributed by atoms with E-state index in [1.54, 1.807) is 18.2 Å². The Morgan fingerprint density at radius 1 is 1.15 bits per heavy atom. The molecular weight excluding hydrogens is 463 g/mol. The number of carbonyl (C=O) groups excluding carboxylic acids is 2. The van der Waals surface area contributed by atoms with Crippen LogP contribution in [-0.2, 0) is 15.7 Å². The second kappa shape index (κ2) is 8.86. The van der Waals surface area contributed by atoms with Gasteiger partial charge in [-0.1, -0.05) is 12.1 Å². The number of nitrogens with one attached hydrogen (secondary N) is 1. The summed E-state index contributed by atoms with van der Waals surface area (Å²) >= 11 is 0.993. The Kier molecular flexibility index (Phi) is 5.96. The first-order chi connectivity index (χ1) is 15.8. The van der Waals surface area contributed by atoms with Crippen molar-refractivity contribution < 1.29 is 32.2 Å². The number of amides is 1. The molecule has 4 aromatic rings. The van der Waals surface area contributed by atoms with Gasteiger partial charge in [0.2, 0.25) is 5.69 Å². The van der Waals surface area contributed by atoms with Gasteiger partial charge in [-0.2, -0.15) is 27.0 Å². The number of aromatic nitrogens is 4. The minimum atomic E-state index is -4.54. The lowest BCUT2D eigenvalue weighted by molar-refractivity contribution is -0.137. The molecule has 0 fully saturated rings. The highest BCUT2D eigenvalue weighted by Gasteiger charge is 2.31. The molecule has 0 aliphatic heterocycles. The molecule has 0 spiro atoms. The number of nitrogens with zero attached hydrogens (tertiary/aromatic N) is 4. The Balaban J connectivity index is 1.47. The van der Waals surface area contributed by atoms with E-state index in [2.05, 4.69) is 19.2 Å². The lowest BCUT2D eigenvalue weighted by Crippen LogP contribution is -2.21. The maximum atomic E-state index is 13.0. The Hall–Kier alpha value is -4.00. The first kappa shape index (κ1) is 22.2. The van der Waals surface area contributed by atoms with Gasteiger partial charge in [-0.15, -0.1) is 0 Å². The highest BCUT2D eigenvalue weighted by molar-refractivity contribution is 7.00. The number of benzene rings is 2. The number of rotatable bonds is 6. The van der Waals surface area contributed by atoms with Crippen molar-refractivity contribution in [2.45, 2.75) is 6.18 Å². The molecule has 13 heteroatoms. The van der Waals surface area contributed by atoms with Crippen LogP contribution in [0.1, 0.15) is 16.1 Å². The molecule has 0 radical (unpaired) electrons. The summed E-state index contributed by atoms with van der Waals surface area (Å²) in [5.74, 6) is -1.64. The van der Waals surface area contributed by atoms with Crippen LogP contribution in [0.5, 0.6) is 5.75 Å². The van der Waals surface area contributed by atoms with Crippen LogP contribution in [0.3, 0.4) is 0 Å². The van der Waals surface area contributed by atoms with Crippen molar-refractivity contribution in [3.05, 3.63) is 59.9 Å². The maximum absolute atomic E-state index is 13.0. The van der Waals surface area contributed by atoms with Crippen molar-refractivity contribution in [1.82, 2.24) is 18.5 Å². The first-order valence-corrected chi connectivity index (χ1v) is 9.99. The van der Waals surface area contributed by atoms with Gasteiger partial charge in [0.1, 0.15) is 11.0 Å². The van der Waals surface area contributed by atoms with Gasteiger partial charge in [0.05, 0.1) is 42.0 Å². The van der Waals surface area contributed by atoms with E-state index in [0.29, 0.717) is 16.7 Å². The van der Waals surface area contributed by atoms with Crippen LogP contribution in [0.25, 0.3) is 16.7 Å². The number of esters is 1. The van der Waals surface area contributed by atoms with Gasteiger partial charge in [0.25, 0.3) is 5.91 Å². The third-order valence-corrected chi connectivity index (χ3v) is 4.97. The van der Waals surface area contributed by atoms with Crippen LogP contribution in [0.2, 0.25) is 0 Å². The molecule has 2 heterocycles. The largest absolute Gasteiger partial charge is 0.493 e. The van der Waals surface area contributed by atoms with E-state index < -0.39 is 30.2 Å². The molecule has 33 heavy (non-hydrogen) atoms. The smallest absolute Gasteiger partial charge is 0.416 e. The average Bonchev–Trinajstić information content (AvgIpc) is 3.45. The van der Waals surface area contributed by atoms with Gasteiger partial charge in [-0.05, 0) is 30.3 Å². The molecule has 0 atom stereocenters. The normalized spacial score (nSPS) is 11.4. The van der Waals surface area contributed by atoms with E-state index in [4.69, 9.17) is 9.47 Å². The number of fused-ring (bicyclic) bond motifs is 1. The molecule has 2 aromatic heterocycles. The molecule has 170 valence electrons. The summed E-state index contributed by atoms with van der Waals surface area (Å²) in [5.41, 5.74) is 0.413. The maximum Gasteiger partial charge on any atom is 0.416 e. The number of alkyl halides is 3. The van der Waals surface area contributed by atoms with Crippen molar-refractivity contribution in [3.63, 3.8) is 0 Å². The Morgan fingerprint density at radius 2 is 1.94 bits per heavy atom. The van der Waals surface area contributed by atoms with Crippen LogP contribution in [0.4, 0.5) is 18.9 Å². The second-order valence-corrected chi connectivity index (χ2v) is 7.13. The topological polar surface area (TPSA) is 108 Å². The van der Waals surface area contributed by atoms with Crippen LogP contribution in [-0.4, -0.2) is 44.1 Å². The summed E-state index contributed by atoms with van der Waals surface area (Å²) in [6.07, 6.45) is -3.30. The minimum Gasteiger partial charge on any atom is -0.493 e. The van der Waals surface area contributed by atoms with Gasteiger partial charge < -0.3 is 14.8 Å². The van der Waals surface area contributed by atoms with Crippen molar-refractivity contribution in [1.29, 1.82) is 0 Å². The molecule has 0 aliphatic rings. The van der Waals surface area contributed by atoms with Gasteiger partial charge in [-0.3, -0.25) is 4.79 Å². The lowest BCUT2D eigenvalue weighted by atomic mass is 10.2. The number of methoxy groups -OCH3 is 1. The zero-order valence-electron chi connectivity index (χ0n) is 16.8. The standard InChI is InChI=1S/C20H14F3N5O4S/c1-31-15-9-28(12-5-2-4-11(8-12)20(21,22)23)25-18(15)19(30)32-10-16(29)24-13-6-3-7-14-17(13)27-33-26-14/h2-9H,10H2,1H3,(H,24,29). The van der Waals surface area contributed by atoms with E-state index in [1.807, 2.05) is 0 Å². The molecule has 0 aliphatic carbocycles. The molecule has 1 amide bonds. The summed E-state index contributed by atoms with van der Waals surface area (Å²) in [4.78, 5) is 24.7. The highest BCUT2D eigenvalue weighted by atomic mass is 32.1. The predicted octanol–water partition coefficient (Wildman–Crippen LogP) is 3.70. The quantitative estimate of drug-likeness (QED) is 0.422. The molecule has 4 rings (SSSR count). The van der Waals surface area contributed by atoms with E-state index in [-0.39, 0.29) is 17.1 Å². The summed E-state index contributed by atoms with van der Waals surface area (Å²) < 4.78 is 58.3. The number of ether oxygens (including phenoxy) is 2. The SMILES string of the molecule is COc1cn(-c2cccc(C(F)(F)F)c2)nc1C(=O)OCC(=O)Nc1cccc2nsnc12. The fraction of sp³-hybridized carbons (Fsp3) is 0.150. The summed E-state index contributed by atoms with van der Waals surface area (Å²) in [5, 5.41) is 6.55. The minimum absolute atomic E-state index is 0.0314. The van der Waals surface area contributed by atoms with Gasteiger partial charge in [0, 0.05) is 0 Å². The third kappa shape index (κ3) is 4.77.